The van der Waals surface area contributed by atoms with Gasteiger partial charge in [0.2, 0.25) is 5.91 Å². The smallest absolute Gasteiger partial charge is 0.249 e. The van der Waals surface area contributed by atoms with E-state index in [0.717, 1.165) is 28.9 Å². The van der Waals surface area contributed by atoms with Crippen LogP contribution in [0.25, 0.3) is 22.2 Å². The third-order valence-electron chi connectivity index (χ3n) is 4.55. The molecule has 128 valence electrons. The van der Waals surface area contributed by atoms with Crippen LogP contribution in [0.4, 0.5) is 5.82 Å². The van der Waals surface area contributed by atoms with Crippen molar-refractivity contribution < 1.29 is 9.53 Å². The molecule has 7 nitrogen and oxygen atoms in total. The van der Waals surface area contributed by atoms with Gasteiger partial charge in [0.05, 0.1) is 25.5 Å². The molecule has 1 aromatic carbocycles. The Morgan fingerprint density at radius 1 is 1.36 bits per heavy atom. The Kier molecular flexibility index (Phi) is 3.85. The number of primary amides is 1. The van der Waals surface area contributed by atoms with Crippen molar-refractivity contribution in [1.82, 2.24) is 15.2 Å². The van der Waals surface area contributed by atoms with Crippen molar-refractivity contribution in [2.75, 3.05) is 24.7 Å². The van der Waals surface area contributed by atoms with E-state index in [4.69, 9.17) is 15.5 Å². The van der Waals surface area contributed by atoms with Gasteiger partial charge in [-0.25, -0.2) is 4.98 Å². The van der Waals surface area contributed by atoms with E-state index in [1.807, 2.05) is 24.3 Å². The van der Waals surface area contributed by atoms with Crippen molar-refractivity contribution in [3.8, 4) is 11.1 Å². The summed E-state index contributed by atoms with van der Waals surface area (Å²) in [7, 11) is 0. The number of anilines is 1. The van der Waals surface area contributed by atoms with Gasteiger partial charge >= 0.3 is 0 Å². The van der Waals surface area contributed by atoms with Gasteiger partial charge in [-0.15, -0.1) is 0 Å². The number of aromatic amines is 1. The highest BCUT2D eigenvalue weighted by molar-refractivity contribution is 6.04. The number of ether oxygens (including phenoxy) is 1. The molecule has 3 N–H and O–H groups in total. The fraction of sp³-hybridized carbons (Fsp3) is 0.278. The fourth-order valence-corrected chi connectivity index (χ4v) is 3.29. The van der Waals surface area contributed by atoms with E-state index >= 15 is 0 Å². The molecule has 0 saturated carbocycles. The monoisotopic (exact) mass is 337 g/mol. The van der Waals surface area contributed by atoms with Gasteiger partial charge in [-0.1, -0.05) is 18.2 Å². The number of benzene rings is 1. The molecular weight excluding hydrogens is 318 g/mol. The summed E-state index contributed by atoms with van der Waals surface area (Å²) in [5.74, 6) is 0.382. The minimum Gasteiger partial charge on any atom is -0.377 e. The maximum atomic E-state index is 11.9. The maximum absolute atomic E-state index is 11.9. The second-order valence-corrected chi connectivity index (χ2v) is 6.19. The Balaban J connectivity index is 1.92. The Labute approximate surface area is 144 Å². The van der Waals surface area contributed by atoms with Crippen molar-refractivity contribution in [3.63, 3.8) is 0 Å². The molecule has 0 unspecified atom stereocenters. The number of nitrogens with one attached hydrogen (secondary N) is 1. The number of nitrogens with two attached hydrogens (primary N) is 1. The zero-order chi connectivity index (χ0) is 17.4. The summed E-state index contributed by atoms with van der Waals surface area (Å²) in [6.07, 6.45) is 1.72. The SMILES string of the molecule is C[C@@H]1COCCN1c1cc(-c2ccccc2C(N)=O)c2cn[nH]c2n1. The first-order valence-corrected chi connectivity index (χ1v) is 8.23. The van der Waals surface area contributed by atoms with E-state index in [9.17, 15) is 4.79 Å². The normalized spacial score (nSPS) is 17.8. The standard InChI is InChI=1S/C18H19N5O2/c1-11-10-25-7-6-23(11)16-8-14(15-9-20-22-18(15)21-16)12-4-2-3-5-13(12)17(19)24/h2-5,8-9,11H,6-7,10H2,1H3,(H2,19,24)(H,20,21,22)/t11-/m1/s1. The van der Waals surface area contributed by atoms with E-state index in [2.05, 4.69) is 22.0 Å². The van der Waals surface area contributed by atoms with Crippen LogP contribution in [0.15, 0.2) is 36.5 Å². The minimum atomic E-state index is -0.453. The highest BCUT2D eigenvalue weighted by Crippen LogP contribution is 2.33. The zero-order valence-electron chi connectivity index (χ0n) is 13.9. The van der Waals surface area contributed by atoms with Gasteiger partial charge in [0.1, 0.15) is 5.82 Å². The number of hydrogen-bond donors (Lipinski definition) is 2. The van der Waals surface area contributed by atoms with Crippen LogP contribution in [-0.4, -0.2) is 46.9 Å². The predicted molar refractivity (Wildman–Crippen MR) is 95.5 cm³/mol. The van der Waals surface area contributed by atoms with E-state index in [1.165, 1.54) is 0 Å². The number of rotatable bonds is 3. The molecule has 2 aromatic heterocycles. The van der Waals surface area contributed by atoms with Crippen molar-refractivity contribution in [1.29, 1.82) is 0 Å². The van der Waals surface area contributed by atoms with E-state index in [0.29, 0.717) is 24.4 Å². The molecule has 1 aliphatic rings. The summed E-state index contributed by atoms with van der Waals surface area (Å²) in [4.78, 5) is 18.8. The molecule has 25 heavy (non-hydrogen) atoms. The van der Waals surface area contributed by atoms with Crippen molar-refractivity contribution >= 4 is 22.8 Å². The second-order valence-electron chi connectivity index (χ2n) is 6.19. The Morgan fingerprint density at radius 3 is 3.00 bits per heavy atom. The predicted octanol–water partition coefficient (Wildman–Crippen LogP) is 1.95. The molecule has 1 saturated heterocycles. The lowest BCUT2D eigenvalue weighted by atomic mass is 9.97. The summed E-state index contributed by atoms with van der Waals surface area (Å²) in [6, 6.07) is 9.56. The zero-order valence-corrected chi connectivity index (χ0v) is 13.9. The molecule has 4 rings (SSSR count). The fourth-order valence-electron chi connectivity index (χ4n) is 3.29. The van der Waals surface area contributed by atoms with Crippen LogP contribution in [0, 0.1) is 0 Å². The quantitative estimate of drug-likeness (QED) is 0.761. The number of carbonyl (C=O) groups excluding carboxylic acids is 1. The molecule has 0 bridgehead atoms. The largest absolute Gasteiger partial charge is 0.377 e. The molecule has 0 aliphatic carbocycles. The van der Waals surface area contributed by atoms with Crippen LogP contribution >= 0.6 is 0 Å². The second kappa shape index (κ2) is 6.18. The molecule has 7 heteroatoms. The van der Waals surface area contributed by atoms with Crippen LogP contribution in [0.2, 0.25) is 0 Å². The molecule has 1 aliphatic heterocycles. The number of pyridine rings is 1. The number of hydrogen-bond acceptors (Lipinski definition) is 5. The average Bonchev–Trinajstić information content (AvgIpc) is 3.10. The summed E-state index contributed by atoms with van der Waals surface area (Å²) >= 11 is 0. The van der Waals surface area contributed by atoms with E-state index < -0.39 is 5.91 Å². The third kappa shape index (κ3) is 2.72. The Bertz CT molecular complexity index is 936. The first-order valence-electron chi connectivity index (χ1n) is 8.23. The van der Waals surface area contributed by atoms with Crippen LogP contribution < -0.4 is 10.6 Å². The average molecular weight is 337 g/mol. The van der Waals surface area contributed by atoms with Crippen molar-refractivity contribution in [2.45, 2.75) is 13.0 Å². The molecule has 0 spiro atoms. The lowest BCUT2D eigenvalue weighted by molar-refractivity contribution is 0.0985. The minimum absolute atomic E-state index is 0.223. The lowest BCUT2D eigenvalue weighted by Crippen LogP contribution is -2.44. The summed E-state index contributed by atoms with van der Waals surface area (Å²) in [5, 5.41) is 7.92. The number of aromatic nitrogens is 3. The summed E-state index contributed by atoms with van der Waals surface area (Å²) < 4.78 is 5.52. The Hall–Kier alpha value is -2.93. The highest BCUT2D eigenvalue weighted by atomic mass is 16.5. The van der Waals surface area contributed by atoms with Crippen LogP contribution in [0.5, 0.6) is 0 Å². The van der Waals surface area contributed by atoms with Gasteiger partial charge in [0, 0.05) is 17.5 Å². The topological polar surface area (TPSA) is 97.1 Å². The molecular formula is C18H19N5O2. The molecule has 1 amide bonds. The van der Waals surface area contributed by atoms with Crippen LogP contribution in [0.3, 0.4) is 0 Å². The number of fused-ring (bicyclic) bond motifs is 1. The molecule has 3 heterocycles. The van der Waals surface area contributed by atoms with Gasteiger partial charge < -0.3 is 15.4 Å². The van der Waals surface area contributed by atoms with Gasteiger partial charge in [-0.2, -0.15) is 5.10 Å². The number of carbonyl (C=O) groups is 1. The van der Waals surface area contributed by atoms with Gasteiger partial charge in [0.25, 0.3) is 0 Å². The molecule has 1 fully saturated rings. The van der Waals surface area contributed by atoms with Gasteiger partial charge in [0.15, 0.2) is 5.65 Å². The first kappa shape index (κ1) is 15.6. The van der Waals surface area contributed by atoms with Gasteiger partial charge in [-0.3, -0.25) is 9.89 Å². The summed E-state index contributed by atoms with van der Waals surface area (Å²) in [5.41, 5.74) is 8.41. The number of H-pyrrole nitrogens is 1. The first-order chi connectivity index (χ1) is 12.1. The molecule has 3 aromatic rings. The Morgan fingerprint density at radius 2 is 2.20 bits per heavy atom. The maximum Gasteiger partial charge on any atom is 0.249 e. The molecule has 1 atom stereocenters. The number of nitrogens with zero attached hydrogens (tertiary/aromatic N) is 3. The third-order valence-corrected chi connectivity index (χ3v) is 4.55. The number of amides is 1. The summed E-state index contributed by atoms with van der Waals surface area (Å²) in [6.45, 7) is 4.20. The van der Waals surface area contributed by atoms with Crippen molar-refractivity contribution in [2.24, 2.45) is 5.73 Å². The molecule has 0 radical (unpaired) electrons. The van der Waals surface area contributed by atoms with Crippen molar-refractivity contribution in [3.05, 3.63) is 42.1 Å². The van der Waals surface area contributed by atoms with Gasteiger partial charge in [-0.05, 0) is 30.2 Å². The van der Waals surface area contributed by atoms with E-state index in [1.54, 1.807) is 12.3 Å². The van der Waals surface area contributed by atoms with Crippen LogP contribution in [0.1, 0.15) is 17.3 Å². The van der Waals surface area contributed by atoms with E-state index in [-0.39, 0.29) is 6.04 Å². The highest BCUT2D eigenvalue weighted by Gasteiger charge is 2.23. The van der Waals surface area contributed by atoms with Crippen LogP contribution in [-0.2, 0) is 4.74 Å². The number of morpholine rings is 1. The lowest BCUT2D eigenvalue weighted by Gasteiger charge is -2.34.